The number of fused-ring (bicyclic) bond motifs is 3. The lowest BCUT2D eigenvalue weighted by atomic mass is 9.86. The van der Waals surface area contributed by atoms with Crippen molar-refractivity contribution in [1.29, 1.82) is 0 Å². The van der Waals surface area contributed by atoms with Crippen molar-refractivity contribution in [2.24, 2.45) is 18.4 Å². The van der Waals surface area contributed by atoms with E-state index < -0.39 is 11.5 Å². The lowest BCUT2D eigenvalue weighted by molar-refractivity contribution is -0.671. The van der Waals surface area contributed by atoms with E-state index in [0.29, 0.717) is 23.3 Å². The van der Waals surface area contributed by atoms with Gasteiger partial charge >= 0.3 is 0 Å². The van der Waals surface area contributed by atoms with Crippen LogP contribution in [0, 0.1) is 11.3 Å². The fraction of sp³-hybridized carbons (Fsp3) is 0.550. The fourth-order valence-electron chi connectivity index (χ4n) is 4.07. The van der Waals surface area contributed by atoms with Crippen LogP contribution in [0.1, 0.15) is 54.9 Å². The maximum Gasteiger partial charge on any atom is 0.272 e. The number of aryl methyl sites for hydroxylation is 1. The molecule has 1 saturated carbocycles. The Labute approximate surface area is 164 Å². The van der Waals surface area contributed by atoms with Crippen LogP contribution in [0.25, 0.3) is 5.82 Å². The predicted molar refractivity (Wildman–Crippen MR) is 102 cm³/mol. The predicted octanol–water partition coefficient (Wildman–Crippen LogP) is 0.642. The van der Waals surface area contributed by atoms with Gasteiger partial charge in [-0.05, 0) is 24.2 Å². The van der Waals surface area contributed by atoms with Gasteiger partial charge in [0.1, 0.15) is 13.1 Å². The summed E-state index contributed by atoms with van der Waals surface area (Å²) in [6.45, 7) is 5.79. The van der Waals surface area contributed by atoms with Crippen molar-refractivity contribution in [3.8, 4) is 5.82 Å². The van der Waals surface area contributed by atoms with Crippen molar-refractivity contribution in [2.45, 2.75) is 45.6 Å². The molecular formula is C20H27N6O2+. The molecular weight excluding hydrogens is 356 g/mol. The third kappa shape index (κ3) is 3.06. The van der Waals surface area contributed by atoms with Crippen LogP contribution in [0.5, 0.6) is 0 Å². The summed E-state index contributed by atoms with van der Waals surface area (Å²) >= 11 is 0. The number of nitrogens with one attached hydrogen (secondary N) is 2. The highest BCUT2D eigenvalue weighted by Crippen LogP contribution is 2.57. The van der Waals surface area contributed by atoms with Crippen molar-refractivity contribution in [2.75, 3.05) is 7.05 Å². The van der Waals surface area contributed by atoms with E-state index >= 15 is 0 Å². The molecule has 2 amide bonds. The summed E-state index contributed by atoms with van der Waals surface area (Å²) in [5, 5.41) is 10.2. The van der Waals surface area contributed by atoms with E-state index in [1.54, 1.807) is 13.2 Å². The molecule has 0 aromatic carbocycles. The number of carbonyl (C=O) groups excluding carboxylic acids is 2. The number of aromatic nitrogens is 4. The van der Waals surface area contributed by atoms with Crippen LogP contribution >= 0.6 is 0 Å². The van der Waals surface area contributed by atoms with Crippen molar-refractivity contribution >= 4 is 11.8 Å². The van der Waals surface area contributed by atoms with Crippen molar-refractivity contribution < 1.29 is 14.2 Å². The number of hydrogen-bond acceptors (Lipinski definition) is 4. The van der Waals surface area contributed by atoms with Gasteiger partial charge in [0.15, 0.2) is 11.9 Å². The standard InChI is InChI=1S/C20H26N6O2/c1-20(2,3)17(19(28)21-4)23-18(27)15-13-9-11-8-12(11)16(13)26(24-15)14-10-25(5)7-6-22-14/h6-7,10-12,17H,8-9H2,1-5H3,(H-,21,23,27,28)/p+1/t11-,12-,17-/m1/s1. The fourth-order valence-corrected chi connectivity index (χ4v) is 4.07. The smallest absolute Gasteiger partial charge is 0.272 e. The minimum atomic E-state index is -0.644. The Hall–Kier alpha value is -2.77. The Morgan fingerprint density at radius 3 is 2.75 bits per heavy atom. The Balaban J connectivity index is 1.71. The summed E-state index contributed by atoms with van der Waals surface area (Å²) in [5.74, 6) is 1.23. The first-order chi connectivity index (χ1) is 13.2. The molecule has 0 saturated heterocycles. The van der Waals surface area contributed by atoms with E-state index in [1.165, 1.54) is 0 Å². The number of likely N-dealkylation sites (N-methyl/N-ethyl adjacent to an activating group) is 1. The van der Waals surface area contributed by atoms with Gasteiger partial charge in [-0.1, -0.05) is 20.8 Å². The monoisotopic (exact) mass is 383 g/mol. The summed E-state index contributed by atoms with van der Waals surface area (Å²) in [6.07, 6.45) is 7.48. The molecule has 8 nitrogen and oxygen atoms in total. The van der Waals surface area contributed by atoms with Crippen molar-refractivity contribution in [1.82, 2.24) is 25.4 Å². The average Bonchev–Trinajstić information content (AvgIpc) is 3.13. The first-order valence-corrected chi connectivity index (χ1v) is 9.66. The van der Waals surface area contributed by atoms with Gasteiger partial charge in [-0.25, -0.2) is 14.2 Å². The topological polar surface area (TPSA) is 92.8 Å². The highest BCUT2D eigenvalue weighted by molar-refractivity contribution is 5.98. The van der Waals surface area contributed by atoms with Gasteiger partial charge in [0.05, 0.1) is 11.9 Å². The minimum absolute atomic E-state index is 0.212. The Kier molecular flexibility index (Phi) is 4.24. The van der Waals surface area contributed by atoms with E-state index in [2.05, 4.69) is 20.7 Å². The number of hydrogen-bond donors (Lipinski definition) is 2. The van der Waals surface area contributed by atoms with Gasteiger partial charge in [-0.2, -0.15) is 5.10 Å². The first kappa shape index (κ1) is 18.6. The molecule has 0 aliphatic heterocycles. The summed E-state index contributed by atoms with van der Waals surface area (Å²) in [4.78, 5) is 29.9. The molecule has 148 valence electrons. The molecule has 0 bridgehead atoms. The van der Waals surface area contributed by atoms with E-state index in [1.807, 2.05) is 49.5 Å². The molecule has 2 heterocycles. The zero-order valence-corrected chi connectivity index (χ0v) is 17.0. The molecule has 0 spiro atoms. The zero-order valence-electron chi connectivity index (χ0n) is 17.0. The third-order valence-electron chi connectivity index (χ3n) is 5.67. The Bertz CT molecular complexity index is 958. The Morgan fingerprint density at radius 1 is 1.36 bits per heavy atom. The first-order valence-electron chi connectivity index (χ1n) is 9.66. The van der Waals surface area contributed by atoms with Crippen LogP contribution in [0.4, 0.5) is 0 Å². The van der Waals surface area contributed by atoms with Crippen molar-refractivity contribution in [3.05, 3.63) is 35.5 Å². The van der Waals surface area contributed by atoms with Crippen LogP contribution < -0.4 is 15.2 Å². The maximum absolute atomic E-state index is 13.1. The molecule has 2 aromatic heterocycles. The summed E-state index contributed by atoms with van der Waals surface area (Å²) in [5.41, 5.74) is 2.09. The van der Waals surface area contributed by atoms with Crippen LogP contribution in [-0.2, 0) is 18.3 Å². The number of rotatable bonds is 4. The summed E-state index contributed by atoms with van der Waals surface area (Å²) < 4.78 is 3.73. The molecule has 1 fully saturated rings. The van der Waals surface area contributed by atoms with E-state index in [4.69, 9.17) is 0 Å². The maximum atomic E-state index is 13.1. The lowest BCUT2D eigenvalue weighted by Gasteiger charge is -2.29. The molecule has 2 aromatic rings. The van der Waals surface area contributed by atoms with Gasteiger partial charge < -0.3 is 10.6 Å². The molecule has 0 radical (unpaired) electrons. The van der Waals surface area contributed by atoms with Crippen LogP contribution in [-0.4, -0.2) is 39.7 Å². The summed E-state index contributed by atoms with van der Waals surface area (Å²) in [7, 11) is 3.51. The Morgan fingerprint density at radius 2 is 2.11 bits per heavy atom. The van der Waals surface area contributed by atoms with Gasteiger partial charge in [0.2, 0.25) is 17.9 Å². The highest BCUT2D eigenvalue weighted by atomic mass is 16.2. The van der Waals surface area contributed by atoms with Crippen LogP contribution in [0.3, 0.4) is 0 Å². The summed E-state index contributed by atoms with van der Waals surface area (Å²) in [6, 6.07) is -0.644. The van der Waals surface area contributed by atoms with Gasteiger partial charge in [-0.3, -0.25) is 9.59 Å². The minimum Gasteiger partial charge on any atom is -0.357 e. The normalized spacial score (nSPS) is 20.9. The molecule has 8 heteroatoms. The second-order valence-electron chi connectivity index (χ2n) is 8.90. The third-order valence-corrected chi connectivity index (χ3v) is 5.67. The lowest BCUT2D eigenvalue weighted by Crippen LogP contribution is -2.53. The average molecular weight is 383 g/mol. The molecule has 2 N–H and O–H groups in total. The van der Waals surface area contributed by atoms with E-state index in [-0.39, 0.29) is 11.8 Å². The SMILES string of the molecule is CNC(=O)[C@@H](NC(=O)c1nn(-c2c[n+](C)ccn2)c2c1C[C@H]1C[C@@H]21)C(C)(C)C. The largest absolute Gasteiger partial charge is 0.357 e. The number of nitrogens with zero attached hydrogens (tertiary/aromatic N) is 4. The van der Waals surface area contributed by atoms with E-state index in [0.717, 1.165) is 24.1 Å². The molecule has 2 aliphatic carbocycles. The zero-order chi connectivity index (χ0) is 20.2. The quantitative estimate of drug-likeness (QED) is 0.758. The molecule has 4 rings (SSSR count). The molecule has 3 atom stereocenters. The highest BCUT2D eigenvalue weighted by Gasteiger charge is 2.50. The van der Waals surface area contributed by atoms with Gasteiger partial charge in [-0.15, -0.1) is 0 Å². The van der Waals surface area contributed by atoms with Crippen LogP contribution in [0.2, 0.25) is 0 Å². The molecule has 2 aliphatic rings. The molecule has 28 heavy (non-hydrogen) atoms. The van der Waals surface area contributed by atoms with E-state index in [9.17, 15) is 9.59 Å². The van der Waals surface area contributed by atoms with Gasteiger partial charge in [0.25, 0.3) is 5.91 Å². The number of carbonyl (C=O) groups is 2. The van der Waals surface area contributed by atoms with Gasteiger partial charge in [0, 0.05) is 18.5 Å². The van der Waals surface area contributed by atoms with Crippen LogP contribution in [0.15, 0.2) is 18.6 Å². The number of amides is 2. The van der Waals surface area contributed by atoms with Crippen molar-refractivity contribution in [3.63, 3.8) is 0 Å². The second-order valence-corrected chi connectivity index (χ2v) is 8.90. The molecule has 0 unspecified atom stereocenters. The second kappa shape index (κ2) is 6.39.